The molecule has 2 atom stereocenters. The van der Waals surface area contributed by atoms with Crippen LogP contribution in [0.2, 0.25) is 0 Å². The van der Waals surface area contributed by atoms with Gasteiger partial charge in [0.2, 0.25) is 17.7 Å². The zero-order valence-electron chi connectivity index (χ0n) is 22.7. The summed E-state index contributed by atoms with van der Waals surface area (Å²) < 4.78 is 0. The first kappa shape index (κ1) is 29.1. The minimum Gasteiger partial charge on any atom is -0.350 e. The summed E-state index contributed by atoms with van der Waals surface area (Å²) in [6.45, 7) is 16.0. The molecule has 0 aromatic carbocycles. The number of hydrogen-bond acceptors (Lipinski definition) is 6. The maximum absolute atomic E-state index is 13.6. The first-order chi connectivity index (χ1) is 18.0. The largest absolute Gasteiger partial charge is 0.350 e. The second kappa shape index (κ2) is 11.9. The number of carbonyl (C=O) groups is 3. The van der Waals surface area contributed by atoms with Gasteiger partial charge in [-0.3, -0.25) is 14.4 Å². The molecule has 3 rings (SSSR count). The van der Waals surface area contributed by atoms with E-state index >= 15 is 0 Å². The highest BCUT2D eigenvalue weighted by atomic mass is 32.1. The molecule has 0 bridgehead atoms. The summed E-state index contributed by atoms with van der Waals surface area (Å²) in [7, 11) is 0. The highest BCUT2D eigenvalue weighted by Gasteiger charge is 2.53. The van der Waals surface area contributed by atoms with Gasteiger partial charge in [-0.2, -0.15) is 5.26 Å². The highest BCUT2D eigenvalue weighted by Crippen LogP contribution is 2.45. The van der Waals surface area contributed by atoms with Crippen molar-refractivity contribution < 1.29 is 14.4 Å². The van der Waals surface area contributed by atoms with Gasteiger partial charge in [-0.25, -0.2) is 4.98 Å². The molecule has 8 nitrogen and oxygen atoms in total. The zero-order chi connectivity index (χ0) is 28.1. The smallest absolute Gasteiger partial charge is 0.246 e. The van der Waals surface area contributed by atoms with Crippen molar-refractivity contribution in [2.24, 2.45) is 10.8 Å². The van der Waals surface area contributed by atoms with Crippen molar-refractivity contribution in [3.05, 3.63) is 59.1 Å². The molecule has 1 aromatic heterocycles. The molecular formula is C29H37N5O3S. The fourth-order valence-corrected chi connectivity index (χ4v) is 5.25. The third-order valence-electron chi connectivity index (χ3n) is 7.06. The maximum Gasteiger partial charge on any atom is 0.246 e. The highest BCUT2D eigenvalue weighted by molar-refractivity contribution is 7.11. The van der Waals surface area contributed by atoms with E-state index in [0.717, 1.165) is 21.7 Å². The predicted octanol–water partition coefficient (Wildman–Crippen LogP) is 4.08. The average Bonchev–Trinajstić information content (AvgIpc) is 3.32. The van der Waals surface area contributed by atoms with Crippen molar-refractivity contribution >= 4 is 34.6 Å². The minimum absolute atomic E-state index is 0.246. The Labute approximate surface area is 229 Å². The number of rotatable bonds is 10. The van der Waals surface area contributed by atoms with Gasteiger partial charge in [-0.05, 0) is 49.2 Å². The van der Waals surface area contributed by atoms with Gasteiger partial charge in [-0.1, -0.05) is 58.2 Å². The van der Waals surface area contributed by atoms with E-state index in [1.165, 1.54) is 11.3 Å². The second-order valence-corrected chi connectivity index (χ2v) is 11.8. The van der Waals surface area contributed by atoms with E-state index in [1.54, 1.807) is 22.6 Å². The molecule has 2 unspecified atom stereocenters. The van der Waals surface area contributed by atoms with Crippen molar-refractivity contribution in [1.82, 2.24) is 20.5 Å². The number of nitrogens with one attached hydrogen (secondary N) is 2. The second-order valence-electron chi connectivity index (χ2n) is 10.9. The van der Waals surface area contributed by atoms with Crippen LogP contribution in [-0.2, 0) is 14.4 Å². The lowest BCUT2D eigenvalue weighted by Crippen LogP contribution is -2.58. The van der Waals surface area contributed by atoms with Crippen molar-refractivity contribution in [1.29, 1.82) is 5.26 Å². The molecule has 0 spiro atoms. The molecule has 0 radical (unpaired) electrons. The van der Waals surface area contributed by atoms with Crippen molar-refractivity contribution in [3.63, 3.8) is 0 Å². The van der Waals surface area contributed by atoms with Gasteiger partial charge in [0.05, 0.1) is 22.2 Å². The quantitative estimate of drug-likeness (QED) is 0.438. The Bertz CT molecular complexity index is 1210. The summed E-state index contributed by atoms with van der Waals surface area (Å²) in [6, 6.07) is 0.620. The van der Waals surface area contributed by atoms with E-state index in [1.807, 2.05) is 39.8 Å². The molecule has 2 N–H and O–H groups in total. The molecular weight excluding hydrogens is 498 g/mol. The van der Waals surface area contributed by atoms with E-state index in [4.69, 9.17) is 0 Å². The van der Waals surface area contributed by atoms with Crippen molar-refractivity contribution in [3.8, 4) is 6.07 Å². The van der Waals surface area contributed by atoms with Crippen LogP contribution < -0.4 is 10.6 Å². The number of nitrogens with zero attached hydrogens (tertiary/aromatic N) is 3. The third kappa shape index (κ3) is 6.48. The summed E-state index contributed by atoms with van der Waals surface area (Å²) in [5.74, 6) is -0.950. The number of carbonyl (C=O) groups excluding carboxylic acids is 3. The first-order valence-electron chi connectivity index (χ1n) is 12.8. The lowest BCUT2D eigenvalue weighted by molar-refractivity contribution is -0.144. The fourth-order valence-electron chi connectivity index (χ4n) is 4.42. The summed E-state index contributed by atoms with van der Waals surface area (Å²) in [6.07, 6.45) is 9.50. The van der Waals surface area contributed by atoms with Gasteiger partial charge in [-0.15, -0.1) is 11.3 Å². The van der Waals surface area contributed by atoms with Gasteiger partial charge in [0.25, 0.3) is 0 Å². The average molecular weight is 536 g/mol. The molecule has 3 amide bonds. The van der Waals surface area contributed by atoms with E-state index < -0.39 is 28.8 Å². The number of nitriles is 1. The zero-order valence-corrected chi connectivity index (χ0v) is 23.5. The summed E-state index contributed by atoms with van der Waals surface area (Å²) in [5.41, 5.74) is 2.84. The normalized spacial score (nSPS) is 19.8. The van der Waals surface area contributed by atoms with E-state index in [9.17, 15) is 19.6 Å². The maximum atomic E-state index is 13.6. The molecule has 1 aliphatic heterocycles. The van der Waals surface area contributed by atoms with Crippen molar-refractivity contribution in [2.45, 2.75) is 65.5 Å². The molecule has 1 saturated carbocycles. The Balaban J connectivity index is 1.69. The minimum atomic E-state index is -1.03. The topological polar surface area (TPSA) is 115 Å². The Morgan fingerprint density at radius 2 is 2.00 bits per heavy atom. The van der Waals surface area contributed by atoms with Crippen molar-refractivity contribution in [2.75, 3.05) is 13.1 Å². The van der Waals surface area contributed by atoms with Crippen LogP contribution in [0.3, 0.4) is 0 Å². The van der Waals surface area contributed by atoms with Gasteiger partial charge in [0.15, 0.2) is 0 Å². The number of amides is 3. The molecule has 202 valence electrons. The summed E-state index contributed by atoms with van der Waals surface area (Å²) >= 11 is 1.54. The van der Waals surface area contributed by atoms with E-state index in [-0.39, 0.29) is 18.4 Å². The van der Waals surface area contributed by atoms with Crippen LogP contribution in [0.25, 0.3) is 5.57 Å². The Morgan fingerprint density at radius 3 is 2.53 bits per heavy atom. The monoisotopic (exact) mass is 535 g/mol. The molecule has 2 aliphatic rings. The van der Waals surface area contributed by atoms with Crippen LogP contribution in [0, 0.1) is 29.1 Å². The molecule has 1 aromatic rings. The summed E-state index contributed by atoms with van der Waals surface area (Å²) in [5, 5.41) is 15.2. The summed E-state index contributed by atoms with van der Waals surface area (Å²) in [4.78, 5) is 46.5. The lowest BCUT2D eigenvalue weighted by Gasteiger charge is -2.35. The molecule has 2 heterocycles. The third-order valence-corrected chi connectivity index (χ3v) is 8.04. The lowest BCUT2D eigenvalue weighted by atomic mass is 9.85. The molecule has 38 heavy (non-hydrogen) atoms. The van der Waals surface area contributed by atoms with E-state index in [0.29, 0.717) is 32.2 Å². The van der Waals surface area contributed by atoms with Gasteiger partial charge >= 0.3 is 0 Å². The number of allylic oxidation sites excluding steroid dienone is 4. The number of aromatic nitrogens is 1. The SMILES string of the molecule is C=C/C(=C\C=C(/C=C)c1scnc1C)CNC(=O)C1CCCN1C(=O)C(NC(=O)C1(C#N)CC1)C(C)(C)C. The van der Waals surface area contributed by atoms with Gasteiger partial charge in [0, 0.05) is 13.1 Å². The molecule has 1 aliphatic carbocycles. The van der Waals surface area contributed by atoms with Crippen LogP contribution in [0.1, 0.15) is 57.0 Å². The molecule has 9 heteroatoms. The van der Waals surface area contributed by atoms with Crippen LogP contribution >= 0.6 is 11.3 Å². The predicted molar refractivity (Wildman–Crippen MR) is 150 cm³/mol. The first-order valence-corrected chi connectivity index (χ1v) is 13.7. The van der Waals surface area contributed by atoms with Crippen LogP contribution in [0.4, 0.5) is 0 Å². The molecule has 2 fully saturated rings. The Kier molecular flexibility index (Phi) is 9.10. The number of hydrogen-bond donors (Lipinski definition) is 2. The number of thiazole rings is 1. The Morgan fingerprint density at radius 1 is 1.29 bits per heavy atom. The van der Waals surface area contributed by atoms with Gasteiger partial charge in [0.1, 0.15) is 17.5 Å². The standard InChI is InChI=1S/C29H37N5O3S/c1-7-20(11-12-21(8-2)23-19(3)32-18-38-23)16-31-25(35)22-10-9-15-34(22)26(36)24(28(4,5)6)33-27(37)29(17-30)13-14-29/h7-8,11-12,18,22,24H,1-2,9-10,13-16H2,3-6H3,(H,31,35)(H,33,37)/b20-11+,21-12+. The molecule has 1 saturated heterocycles. The van der Waals surface area contributed by atoms with Crippen LogP contribution in [0.5, 0.6) is 0 Å². The Hall–Kier alpha value is -3.51. The number of aryl methyl sites for hydroxylation is 1. The fraction of sp³-hybridized carbons (Fsp3) is 0.483. The van der Waals surface area contributed by atoms with Gasteiger partial charge < -0.3 is 15.5 Å². The number of likely N-dealkylation sites (tertiary alicyclic amines) is 1. The van der Waals surface area contributed by atoms with E-state index in [2.05, 4.69) is 34.8 Å². The van der Waals surface area contributed by atoms with Crippen LogP contribution in [0.15, 0.2) is 48.5 Å². The van der Waals surface area contributed by atoms with Crippen LogP contribution in [-0.4, -0.2) is 52.8 Å².